The van der Waals surface area contributed by atoms with Gasteiger partial charge < -0.3 is 5.73 Å². The van der Waals surface area contributed by atoms with E-state index in [-0.39, 0.29) is 0 Å². The van der Waals surface area contributed by atoms with Crippen LogP contribution in [0.15, 0.2) is 0 Å². The Morgan fingerprint density at radius 3 is 2.40 bits per heavy atom. The molecule has 2 saturated carbocycles. The van der Waals surface area contributed by atoms with Crippen molar-refractivity contribution in [1.82, 2.24) is 4.90 Å². The van der Waals surface area contributed by atoms with E-state index in [1.807, 2.05) is 0 Å². The molecule has 0 radical (unpaired) electrons. The van der Waals surface area contributed by atoms with Crippen LogP contribution >= 0.6 is 0 Å². The zero-order valence-corrected chi connectivity index (χ0v) is 13.6. The minimum atomic E-state index is 0.360. The Morgan fingerprint density at radius 1 is 1.05 bits per heavy atom. The molecule has 1 saturated heterocycles. The van der Waals surface area contributed by atoms with Crippen LogP contribution in [-0.4, -0.2) is 29.6 Å². The number of nitrogens with two attached hydrogens (primary N) is 1. The molecule has 1 aliphatic heterocycles. The van der Waals surface area contributed by atoms with Gasteiger partial charge in [-0.1, -0.05) is 20.3 Å². The number of hydrogen-bond acceptors (Lipinski definition) is 2. The van der Waals surface area contributed by atoms with Gasteiger partial charge in [-0.25, -0.2) is 0 Å². The topological polar surface area (TPSA) is 29.3 Å². The summed E-state index contributed by atoms with van der Waals surface area (Å²) in [6.45, 7) is 7.01. The highest BCUT2D eigenvalue weighted by atomic mass is 15.2. The third-order valence-corrected chi connectivity index (χ3v) is 6.89. The number of fused-ring (bicyclic) bond motifs is 1. The van der Waals surface area contributed by atoms with Crippen LogP contribution in [0, 0.1) is 17.8 Å². The number of rotatable bonds is 3. The normalized spacial score (nSPS) is 42.9. The number of likely N-dealkylation sites (tertiary alicyclic amines) is 1. The standard InChI is InChI=1S/C18H34N2/c1-14(2)15-8-10-18(13-19,11-9-15)20-12-4-6-16-5-3-7-17(16)20/h14-17H,3-13,19H2,1-2H3. The van der Waals surface area contributed by atoms with E-state index >= 15 is 0 Å². The van der Waals surface area contributed by atoms with Gasteiger partial charge in [0.1, 0.15) is 0 Å². The van der Waals surface area contributed by atoms with Gasteiger partial charge in [0.15, 0.2) is 0 Å². The van der Waals surface area contributed by atoms with E-state index in [9.17, 15) is 0 Å². The quantitative estimate of drug-likeness (QED) is 0.851. The lowest BCUT2D eigenvalue weighted by Crippen LogP contribution is -2.61. The van der Waals surface area contributed by atoms with Gasteiger partial charge in [0.05, 0.1) is 0 Å². The van der Waals surface area contributed by atoms with E-state index in [0.29, 0.717) is 5.54 Å². The largest absolute Gasteiger partial charge is 0.329 e. The van der Waals surface area contributed by atoms with E-state index in [0.717, 1.165) is 30.3 Å². The molecule has 116 valence electrons. The lowest BCUT2D eigenvalue weighted by Gasteiger charge is -2.53. The molecule has 1 heterocycles. The zero-order chi connectivity index (χ0) is 14.2. The van der Waals surface area contributed by atoms with Crippen LogP contribution in [-0.2, 0) is 0 Å². The van der Waals surface area contributed by atoms with Crippen LogP contribution in [0.4, 0.5) is 0 Å². The summed E-state index contributed by atoms with van der Waals surface area (Å²) in [7, 11) is 0. The molecule has 3 fully saturated rings. The summed E-state index contributed by atoms with van der Waals surface area (Å²) < 4.78 is 0. The maximum Gasteiger partial charge on any atom is 0.0335 e. The van der Waals surface area contributed by atoms with Gasteiger partial charge in [-0.05, 0) is 75.7 Å². The molecule has 20 heavy (non-hydrogen) atoms. The van der Waals surface area contributed by atoms with Crippen molar-refractivity contribution < 1.29 is 0 Å². The fraction of sp³-hybridized carbons (Fsp3) is 1.00. The van der Waals surface area contributed by atoms with E-state index < -0.39 is 0 Å². The van der Waals surface area contributed by atoms with Gasteiger partial charge in [-0.15, -0.1) is 0 Å². The summed E-state index contributed by atoms with van der Waals surface area (Å²) in [5.41, 5.74) is 6.69. The fourth-order valence-electron chi connectivity index (χ4n) is 5.50. The molecule has 2 nitrogen and oxygen atoms in total. The van der Waals surface area contributed by atoms with Crippen molar-refractivity contribution in [1.29, 1.82) is 0 Å². The molecule has 0 amide bonds. The minimum Gasteiger partial charge on any atom is -0.329 e. The lowest BCUT2D eigenvalue weighted by molar-refractivity contribution is -0.0295. The second-order valence-electron chi connectivity index (χ2n) is 8.10. The van der Waals surface area contributed by atoms with Gasteiger partial charge in [-0.3, -0.25) is 4.90 Å². The predicted octanol–water partition coefficient (Wildman–Crippen LogP) is 3.79. The highest BCUT2D eigenvalue weighted by Gasteiger charge is 2.46. The summed E-state index contributed by atoms with van der Waals surface area (Å²) in [4.78, 5) is 2.91. The zero-order valence-electron chi connectivity index (χ0n) is 13.6. The second-order valence-corrected chi connectivity index (χ2v) is 8.10. The first kappa shape index (κ1) is 14.8. The number of hydrogen-bond donors (Lipinski definition) is 1. The molecule has 3 rings (SSSR count). The summed E-state index contributed by atoms with van der Waals surface area (Å²) in [5.74, 6) is 2.79. The van der Waals surface area contributed by atoms with E-state index in [1.54, 1.807) is 0 Å². The van der Waals surface area contributed by atoms with Crippen LogP contribution in [0.25, 0.3) is 0 Å². The molecule has 2 unspecified atom stereocenters. The maximum atomic E-state index is 6.33. The molecule has 0 bridgehead atoms. The summed E-state index contributed by atoms with van der Waals surface area (Å²) in [6.07, 6.45) is 12.8. The van der Waals surface area contributed by atoms with Crippen LogP contribution in [0.3, 0.4) is 0 Å². The molecule has 0 aromatic heterocycles. The van der Waals surface area contributed by atoms with Crippen molar-refractivity contribution in [2.75, 3.05) is 13.1 Å². The van der Waals surface area contributed by atoms with Crippen molar-refractivity contribution in [2.24, 2.45) is 23.5 Å². The minimum absolute atomic E-state index is 0.360. The predicted molar refractivity (Wildman–Crippen MR) is 85.7 cm³/mol. The highest BCUT2D eigenvalue weighted by Crippen LogP contribution is 2.45. The fourth-order valence-corrected chi connectivity index (χ4v) is 5.50. The average Bonchev–Trinajstić information content (AvgIpc) is 2.95. The third-order valence-electron chi connectivity index (χ3n) is 6.89. The number of piperidine rings is 1. The molecule has 2 atom stereocenters. The average molecular weight is 278 g/mol. The number of nitrogens with zero attached hydrogens (tertiary/aromatic N) is 1. The Morgan fingerprint density at radius 2 is 1.75 bits per heavy atom. The Bertz CT molecular complexity index is 317. The summed E-state index contributed by atoms with van der Waals surface area (Å²) >= 11 is 0. The molecule has 2 aliphatic carbocycles. The Labute approximate surface area is 125 Å². The molecule has 0 aromatic rings. The first-order valence-corrected chi connectivity index (χ1v) is 9.13. The van der Waals surface area contributed by atoms with E-state index in [4.69, 9.17) is 5.73 Å². The smallest absolute Gasteiger partial charge is 0.0335 e. The van der Waals surface area contributed by atoms with Gasteiger partial charge in [0.2, 0.25) is 0 Å². The van der Waals surface area contributed by atoms with Crippen molar-refractivity contribution in [2.45, 2.75) is 83.2 Å². The Balaban J connectivity index is 1.72. The van der Waals surface area contributed by atoms with Crippen molar-refractivity contribution >= 4 is 0 Å². The monoisotopic (exact) mass is 278 g/mol. The molecule has 0 spiro atoms. The van der Waals surface area contributed by atoms with Gasteiger partial charge in [0.25, 0.3) is 0 Å². The maximum absolute atomic E-state index is 6.33. The molecular weight excluding hydrogens is 244 g/mol. The Kier molecular flexibility index (Phi) is 4.42. The summed E-state index contributed by atoms with van der Waals surface area (Å²) in [5, 5.41) is 0. The molecule has 3 aliphatic rings. The van der Waals surface area contributed by atoms with Crippen LogP contribution in [0.1, 0.15) is 71.6 Å². The van der Waals surface area contributed by atoms with Crippen LogP contribution in [0.2, 0.25) is 0 Å². The van der Waals surface area contributed by atoms with Crippen molar-refractivity contribution in [3.63, 3.8) is 0 Å². The van der Waals surface area contributed by atoms with Gasteiger partial charge in [-0.2, -0.15) is 0 Å². The molecule has 0 aromatic carbocycles. The van der Waals surface area contributed by atoms with Crippen LogP contribution < -0.4 is 5.73 Å². The SMILES string of the molecule is CC(C)C1CCC(CN)(N2CCCC3CCCC32)CC1. The van der Waals surface area contributed by atoms with E-state index in [2.05, 4.69) is 18.7 Å². The van der Waals surface area contributed by atoms with Crippen molar-refractivity contribution in [3.05, 3.63) is 0 Å². The van der Waals surface area contributed by atoms with E-state index in [1.165, 1.54) is 64.3 Å². The molecule has 2 heteroatoms. The highest BCUT2D eigenvalue weighted by molar-refractivity contribution is 5.02. The van der Waals surface area contributed by atoms with Gasteiger partial charge >= 0.3 is 0 Å². The van der Waals surface area contributed by atoms with Crippen LogP contribution in [0.5, 0.6) is 0 Å². The van der Waals surface area contributed by atoms with Gasteiger partial charge in [0, 0.05) is 18.1 Å². The summed E-state index contributed by atoms with van der Waals surface area (Å²) in [6, 6.07) is 0.878. The first-order valence-electron chi connectivity index (χ1n) is 9.13. The Hall–Kier alpha value is -0.0800. The third kappa shape index (κ3) is 2.54. The first-order chi connectivity index (χ1) is 9.66. The van der Waals surface area contributed by atoms with Crippen molar-refractivity contribution in [3.8, 4) is 0 Å². The molecule has 2 N–H and O–H groups in total. The molecular formula is C18H34N2. The lowest BCUT2D eigenvalue weighted by atomic mass is 9.70. The second kappa shape index (κ2) is 5.96.